The maximum atomic E-state index is 11.7. The molecule has 4 nitrogen and oxygen atoms in total. The number of ether oxygens (including phenoxy) is 1. The molecule has 0 aliphatic carbocycles. The van der Waals surface area contributed by atoms with E-state index in [1.165, 1.54) is 0 Å². The Balaban J connectivity index is 2.18. The van der Waals surface area contributed by atoms with Crippen molar-refractivity contribution in [3.05, 3.63) is 34.9 Å². The standard InChI is InChI=1S/C15H21ClN2O2/c16-13-4-2-1-3-12(13)15(6-9-20-10-7-15)11-18-14(19)5-8-17/h1-4H,5-11,17H2,(H,18,19). The summed E-state index contributed by atoms with van der Waals surface area (Å²) in [6.45, 7) is 2.34. The molecule has 1 fully saturated rings. The highest BCUT2D eigenvalue weighted by Crippen LogP contribution is 2.38. The van der Waals surface area contributed by atoms with Gasteiger partial charge in [-0.2, -0.15) is 0 Å². The first-order valence-electron chi connectivity index (χ1n) is 6.97. The highest BCUT2D eigenvalue weighted by atomic mass is 35.5. The fourth-order valence-electron chi connectivity index (χ4n) is 2.68. The summed E-state index contributed by atoms with van der Waals surface area (Å²) in [5.74, 6) is -0.00887. The van der Waals surface area contributed by atoms with E-state index in [2.05, 4.69) is 5.32 Å². The van der Waals surface area contributed by atoms with Gasteiger partial charge in [0.2, 0.25) is 5.91 Å². The van der Waals surface area contributed by atoms with E-state index in [1.54, 1.807) is 0 Å². The van der Waals surface area contributed by atoms with Crippen molar-refractivity contribution in [2.45, 2.75) is 24.7 Å². The Hall–Kier alpha value is -1.10. The van der Waals surface area contributed by atoms with Crippen molar-refractivity contribution in [2.24, 2.45) is 5.73 Å². The maximum absolute atomic E-state index is 11.7. The van der Waals surface area contributed by atoms with E-state index < -0.39 is 0 Å². The van der Waals surface area contributed by atoms with Crippen LogP contribution < -0.4 is 11.1 Å². The molecule has 0 saturated carbocycles. The lowest BCUT2D eigenvalue weighted by Crippen LogP contribution is -2.45. The molecule has 0 aromatic heterocycles. The van der Waals surface area contributed by atoms with Crippen LogP contribution in [0, 0.1) is 0 Å². The number of carbonyl (C=O) groups excluding carboxylic acids is 1. The van der Waals surface area contributed by atoms with Crippen LogP contribution in [0.2, 0.25) is 5.02 Å². The second kappa shape index (κ2) is 7.07. The first-order chi connectivity index (χ1) is 9.68. The first-order valence-corrected chi connectivity index (χ1v) is 7.35. The van der Waals surface area contributed by atoms with E-state index in [-0.39, 0.29) is 11.3 Å². The van der Waals surface area contributed by atoms with Gasteiger partial charge in [-0.25, -0.2) is 0 Å². The smallest absolute Gasteiger partial charge is 0.221 e. The van der Waals surface area contributed by atoms with Crippen LogP contribution in [0.25, 0.3) is 0 Å². The van der Waals surface area contributed by atoms with Gasteiger partial charge in [0.15, 0.2) is 0 Å². The average molecular weight is 297 g/mol. The Morgan fingerprint density at radius 1 is 1.35 bits per heavy atom. The fourth-order valence-corrected chi connectivity index (χ4v) is 3.02. The highest BCUT2D eigenvalue weighted by molar-refractivity contribution is 6.31. The van der Waals surface area contributed by atoms with Crippen molar-refractivity contribution in [3.63, 3.8) is 0 Å². The second-order valence-electron chi connectivity index (χ2n) is 5.19. The lowest BCUT2D eigenvalue weighted by molar-refractivity contribution is -0.121. The van der Waals surface area contributed by atoms with E-state index in [0.29, 0.717) is 32.7 Å². The van der Waals surface area contributed by atoms with Gasteiger partial charge in [-0.15, -0.1) is 0 Å². The molecule has 1 aliphatic heterocycles. The van der Waals surface area contributed by atoms with Crippen molar-refractivity contribution in [3.8, 4) is 0 Å². The lowest BCUT2D eigenvalue weighted by atomic mass is 9.74. The molecule has 1 amide bonds. The zero-order chi connectivity index (χ0) is 14.4. The summed E-state index contributed by atoms with van der Waals surface area (Å²) in [5.41, 5.74) is 6.36. The van der Waals surface area contributed by atoms with E-state index in [4.69, 9.17) is 22.1 Å². The van der Waals surface area contributed by atoms with E-state index in [0.717, 1.165) is 23.4 Å². The van der Waals surface area contributed by atoms with Crippen LogP contribution in [-0.4, -0.2) is 32.2 Å². The van der Waals surface area contributed by atoms with Crippen LogP contribution in [0.15, 0.2) is 24.3 Å². The first kappa shape index (κ1) is 15.3. The summed E-state index contributed by atoms with van der Waals surface area (Å²) in [6.07, 6.45) is 2.08. The summed E-state index contributed by atoms with van der Waals surface area (Å²) < 4.78 is 5.46. The summed E-state index contributed by atoms with van der Waals surface area (Å²) >= 11 is 6.35. The maximum Gasteiger partial charge on any atom is 0.221 e. The Bertz CT molecular complexity index is 459. The minimum Gasteiger partial charge on any atom is -0.381 e. The van der Waals surface area contributed by atoms with E-state index in [1.807, 2.05) is 24.3 Å². The Labute approximate surface area is 124 Å². The van der Waals surface area contributed by atoms with Gasteiger partial charge in [0.25, 0.3) is 0 Å². The highest BCUT2D eigenvalue weighted by Gasteiger charge is 2.36. The van der Waals surface area contributed by atoms with Gasteiger partial charge in [-0.3, -0.25) is 4.79 Å². The third-order valence-corrected chi connectivity index (χ3v) is 4.22. The number of halogens is 1. The molecule has 0 bridgehead atoms. The number of nitrogens with one attached hydrogen (secondary N) is 1. The molecule has 110 valence electrons. The van der Waals surface area contributed by atoms with Crippen molar-refractivity contribution >= 4 is 17.5 Å². The number of rotatable bonds is 5. The Morgan fingerprint density at radius 2 is 2.05 bits per heavy atom. The molecule has 20 heavy (non-hydrogen) atoms. The van der Waals surface area contributed by atoms with Crippen molar-refractivity contribution in [2.75, 3.05) is 26.3 Å². The predicted octanol–water partition coefficient (Wildman–Crippen LogP) is 1.85. The quantitative estimate of drug-likeness (QED) is 0.871. The fraction of sp³-hybridized carbons (Fsp3) is 0.533. The minimum absolute atomic E-state index is 0.00887. The third-order valence-electron chi connectivity index (χ3n) is 3.89. The summed E-state index contributed by atoms with van der Waals surface area (Å²) in [7, 11) is 0. The summed E-state index contributed by atoms with van der Waals surface area (Å²) in [4.78, 5) is 11.7. The molecule has 0 radical (unpaired) electrons. The molecule has 1 aromatic rings. The van der Waals surface area contributed by atoms with Crippen LogP contribution >= 0.6 is 11.6 Å². The lowest BCUT2D eigenvalue weighted by Gasteiger charge is -2.38. The third kappa shape index (κ3) is 3.51. The number of benzene rings is 1. The number of hydrogen-bond donors (Lipinski definition) is 2. The number of nitrogens with two attached hydrogens (primary N) is 1. The molecule has 1 aromatic carbocycles. The van der Waals surface area contributed by atoms with Gasteiger partial charge in [0.05, 0.1) is 0 Å². The molecule has 3 N–H and O–H groups in total. The number of hydrogen-bond acceptors (Lipinski definition) is 3. The normalized spacial score (nSPS) is 17.7. The Kier molecular flexibility index (Phi) is 5.40. The van der Waals surface area contributed by atoms with Gasteiger partial charge >= 0.3 is 0 Å². The molecule has 0 spiro atoms. The number of amides is 1. The van der Waals surface area contributed by atoms with Crippen LogP contribution in [0.1, 0.15) is 24.8 Å². The zero-order valence-electron chi connectivity index (χ0n) is 11.5. The van der Waals surface area contributed by atoms with Gasteiger partial charge in [-0.1, -0.05) is 29.8 Å². The van der Waals surface area contributed by atoms with Gasteiger partial charge in [0, 0.05) is 43.2 Å². The van der Waals surface area contributed by atoms with Crippen molar-refractivity contribution < 1.29 is 9.53 Å². The minimum atomic E-state index is -0.138. The number of carbonyl (C=O) groups is 1. The molecule has 1 heterocycles. The van der Waals surface area contributed by atoms with E-state index in [9.17, 15) is 4.79 Å². The van der Waals surface area contributed by atoms with Crippen LogP contribution in [0.4, 0.5) is 0 Å². The van der Waals surface area contributed by atoms with E-state index >= 15 is 0 Å². The molecule has 0 atom stereocenters. The molecule has 0 unspecified atom stereocenters. The van der Waals surface area contributed by atoms with Gasteiger partial charge in [-0.05, 0) is 24.5 Å². The van der Waals surface area contributed by atoms with Crippen LogP contribution in [-0.2, 0) is 14.9 Å². The van der Waals surface area contributed by atoms with Crippen LogP contribution in [0.5, 0.6) is 0 Å². The molecule has 2 rings (SSSR count). The van der Waals surface area contributed by atoms with Gasteiger partial charge < -0.3 is 15.8 Å². The predicted molar refractivity (Wildman–Crippen MR) is 79.9 cm³/mol. The molecule has 1 aliphatic rings. The molecular formula is C15H21ClN2O2. The largest absolute Gasteiger partial charge is 0.381 e. The second-order valence-corrected chi connectivity index (χ2v) is 5.60. The SMILES string of the molecule is NCCC(=O)NCC1(c2ccccc2Cl)CCOCC1. The van der Waals surface area contributed by atoms with Crippen molar-refractivity contribution in [1.29, 1.82) is 0 Å². The summed E-state index contributed by atoms with van der Waals surface area (Å²) in [6, 6.07) is 7.85. The topological polar surface area (TPSA) is 64.4 Å². The molecular weight excluding hydrogens is 276 g/mol. The zero-order valence-corrected chi connectivity index (χ0v) is 12.3. The molecule has 5 heteroatoms. The molecule has 1 saturated heterocycles. The van der Waals surface area contributed by atoms with Gasteiger partial charge in [0.1, 0.15) is 0 Å². The summed E-state index contributed by atoms with van der Waals surface area (Å²) in [5, 5.41) is 3.74. The van der Waals surface area contributed by atoms with Crippen molar-refractivity contribution in [1.82, 2.24) is 5.32 Å². The Morgan fingerprint density at radius 3 is 2.70 bits per heavy atom. The monoisotopic (exact) mass is 296 g/mol. The van der Waals surface area contributed by atoms with Crippen LogP contribution in [0.3, 0.4) is 0 Å². The average Bonchev–Trinajstić information content (AvgIpc) is 2.47.